The molecule has 1 amide bonds. The van der Waals surface area contributed by atoms with E-state index < -0.39 is 0 Å². The summed E-state index contributed by atoms with van der Waals surface area (Å²) in [7, 11) is 3.69. The molecule has 3 N–H and O–H groups in total. The van der Waals surface area contributed by atoms with Crippen LogP contribution in [0.2, 0.25) is 5.02 Å². The first-order chi connectivity index (χ1) is 9.38. The lowest BCUT2D eigenvalue weighted by Gasteiger charge is -2.06. The molecule has 2 rings (SSSR count). The first-order valence-electron chi connectivity index (χ1n) is 5.89. The molecule has 0 aliphatic rings. The van der Waals surface area contributed by atoms with Gasteiger partial charge in [0.2, 0.25) is 0 Å². The van der Waals surface area contributed by atoms with Crippen molar-refractivity contribution in [3.63, 3.8) is 0 Å². The Bertz CT molecular complexity index is 654. The fourth-order valence-corrected chi connectivity index (χ4v) is 2.52. The van der Waals surface area contributed by atoms with E-state index >= 15 is 0 Å². The van der Waals surface area contributed by atoms with Crippen molar-refractivity contribution in [2.24, 2.45) is 0 Å². The maximum absolute atomic E-state index is 12.2. The molecule has 0 aliphatic carbocycles. The number of halogens is 1. The van der Waals surface area contributed by atoms with E-state index in [-0.39, 0.29) is 11.7 Å². The smallest absolute Gasteiger partial charge is 0.269 e. The number of rotatable bonds is 3. The first kappa shape index (κ1) is 14.6. The predicted octanol–water partition coefficient (Wildman–Crippen LogP) is 3.01. The average molecular weight is 311 g/mol. The molecular formula is C13H15ClN4OS. The van der Waals surface area contributed by atoms with Gasteiger partial charge in [-0.15, -0.1) is 0 Å². The highest BCUT2D eigenvalue weighted by Crippen LogP contribution is 2.28. The molecular weight excluding hydrogens is 296 g/mol. The number of aromatic nitrogens is 1. The summed E-state index contributed by atoms with van der Waals surface area (Å²) in [6.07, 6.45) is 0. The predicted molar refractivity (Wildman–Crippen MR) is 85.0 cm³/mol. The Kier molecular flexibility index (Phi) is 4.15. The van der Waals surface area contributed by atoms with Crippen molar-refractivity contribution in [3.8, 4) is 0 Å². The number of nitrogens with zero attached hydrogens (tertiary/aromatic N) is 2. The molecule has 0 unspecified atom stereocenters. The number of nitrogens with two attached hydrogens (primary N) is 1. The van der Waals surface area contributed by atoms with Gasteiger partial charge in [0.1, 0.15) is 10.7 Å². The van der Waals surface area contributed by atoms with E-state index in [1.165, 1.54) is 11.3 Å². The normalized spacial score (nSPS) is 10.4. The molecule has 0 saturated heterocycles. The third-order valence-electron chi connectivity index (χ3n) is 2.66. The number of carbonyl (C=O) groups is 1. The number of anilines is 3. The van der Waals surface area contributed by atoms with Gasteiger partial charge in [0, 0.05) is 24.8 Å². The van der Waals surface area contributed by atoms with Gasteiger partial charge in [-0.25, -0.2) is 4.98 Å². The van der Waals surface area contributed by atoms with Gasteiger partial charge in [0.25, 0.3) is 5.91 Å². The molecule has 0 radical (unpaired) electrons. The second kappa shape index (κ2) is 5.68. The van der Waals surface area contributed by atoms with Crippen LogP contribution in [0.25, 0.3) is 0 Å². The van der Waals surface area contributed by atoms with E-state index in [4.69, 9.17) is 17.3 Å². The summed E-state index contributed by atoms with van der Waals surface area (Å²) in [4.78, 5) is 18.5. The zero-order chi connectivity index (χ0) is 14.9. The molecule has 5 nitrogen and oxygen atoms in total. The number of aryl methyl sites for hydroxylation is 1. The number of amides is 1. The maximum atomic E-state index is 12.2. The molecule has 1 aromatic carbocycles. The fourth-order valence-electron chi connectivity index (χ4n) is 1.53. The second-order valence-corrected chi connectivity index (χ2v) is 5.91. The van der Waals surface area contributed by atoms with Crippen LogP contribution in [0.5, 0.6) is 0 Å². The van der Waals surface area contributed by atoms with E-state index in [1.54, 1.807) is 17.0 Å². The fraction of sp³-hybridized carbons (Fsp3) is 0.231. The van der Waals surface area contributed by atoms with Crippen molar-refractivity contribution in [1.82, 2.24) is 4.98 Å². The third kappa shape index (κ3) is 3.02. The molecule has 0 aliphatic heterocycles. The van der Waals surface area contributed by atoms with Crippen molar-refractivity contribution < 1.29 is 4.79 Å². The standard InChI is InChI=1S/C13H15ClN4OS/c1-7-4-5-8(6-9(7)14)16-12(19)10-11(15)17-13(20-10)18(2)3/h4-6H,15H2,1-3H3,(H,16,19). The van der Waals surface area contributed by atoms with Crippen molar-refractivity contribution >= 4 is 45.5 Å². The van der Waals surface area contributed by atoms with Gasteiger partial charge in [-0.2, -0.15) is 0 Å². The van der Waals surface area contributed by atoms with Gasteiger partial charge in [0.05, 0.1) is 0 Å². The highest BCUT2D eigenvalue weighted by Gasteiger charge is 2.17. The van der Waals surface area contributed by atoms with E-state index in [0.29, 0.717) is 20.7 Å². The van der Waals surface area contributed by atoms with Gasteiger partial charge in [-0.3, -0.25) is 4.79 Å². The van der Waals surface area contributed by atoms with Gasteiger partial charge >= 0.3 is 0 Å². The van der Waals surface area contributed by atoms with E-state index in [2.05, 4.69) is 10.3 Å². The minimum absolute atomic E-state index is 0.231. The van der Waals surface area contributed by atoms with Gasteiger partial charge < -0.3 is 16.0 Å². The minimum Gasteiger partial charge on any atom is -0.382 e. The number of benzene rings is 1. The monoisotopic (exact) mass is 310 g/mol. The summed E-state index contributed by atoms with van der Waals surface area (Å²) in [6.45, 7) is 1.90. The maximum Gasteiger partial charge on any atom is 0.269 e. The number of hydrogen-bond acceptors (Lipinski definition) is 5. The lowest BCUT2D eigenvalue weighted by atomic mass is 10.2. The number of hydrogen-bond donors (Lipinski definition) is 2. The molecule has 0 spiro atoms. The average Bonchev–Trinajstić information content (AvgIpc) is 2.76. The zero-order valence-corrected chi connectivity index (χ0v) is 13.0. The molecule has 1 aromatic heterocycles. The first-order valence-corrected chi connectivity index (χ1v) is 7.09. The molecule has 0 bridgehead atoms. The Morgan fingerprint density at radius 2 is 2.15 bits per heavy atom. The molecule has 2 aromatic rings. The van der Waals surface area contributed by atoms with Gasteiger partial charge in [-0.1, -0.05) is 29.0 Å². The summed E-state index contributed by atoms with van der Waals surface area (Å²) < 4.78 is 0. The van der Waals surface area contributed by atoms with Crippen molar-refractivity contribution in [2.75, 3.05) is 30.0 Å². The Balaban J connectivity index is 2.21. The molecule has 0 atom stereocenters. The topological polar surface area (TPSA) is 71.2 Å². The second-order valence-electron chi connectivity index (χ2n) is 4.52. The Morgan fingerprint density at radius 1 is 1.45 bits per heavy atom. The van der Waals surface area contributed by atoms with Crippen LogP contribution in [0.15, 0.2) is 18.2 Å². The molecule has 0 fully saturated rings. The lowest BCUT2D eigenvalue weighted by molar-refractivity contribution is 0.103. The SMILES string of the molecule is Cc1ccc(NC(=O)c2sc(N(C)C)nc2N)cc1Cl. The lowest BCUT2D eigenvalue weighted by Crippen LogP contribution is -2.12. The molecule has 7 heteroatoms. The largest absolute Gasteiger partial charge is 0.382 e. The molecule has 1 heterocycles. The van der Waals surface area contributed by atoms with Crippen molar-refractivity contribution in [3.05, 3.63) is 33.7 Å². The van der Waals surface area contributed by atoms with Crippen LogP contribution in [0.1, 0.15) is 15.2 Å². The van der Waals surface area contributed by atoms with Crippen LogP contribution in [0, 0.1) is 6.92 Å². The van der Waals surface area contributed by atoms with Gasteiger partial charge in [-0.05, 0) is 24.6 Å². The summed E-state index contributed by atoms with van der Waals surface area (Å²) in [5, 5.41) is 4.06. The third-order valence-corrected chi connectivity index (χ3v) is 4.31. The van der Waals surface area contributed by atoms with Crippen LogP contribution in [-0.2, 0) is 0 Å². The van der Waals surface area contributed by atoms with E-state index in [9.17, 15) is 4.79 Å². The molecule has 20 heavy (non-hydrogen) atoms. The van der Waals surface area contributed by atoms with E-state index in [1.807, 2.05) is 27.1 Å². The van der Waals surface area contributed by atoms with E-state index in [0.717, 1.165) is 5.56 Å². The molecule has 106 valence electrons. The Labute approximate surface area is 126 Å². The van der Waals surface area contributed by atoms with Crippen LogP contribution in [-0.4, -0.2) is 25.0 Å². The summed E-state index contributed by atoms with van der Waals surface area (Å²) in [5.74, 6) is -0.0533. The Morgan fingerprint density at radius 3 is 2.70 bits per heavy atom. The number of thiazole rings is 1. The summed E-state index contributed by atoms with van der Waals surface area (Å²) in [6, 6.07) is 5.35. The van der Waals surface area contributed by atoms with Gasteiger partial charge in [0.15, 0.2) is 5.13 Å². The van der Waals surface area contributed by atoms with Crippen LogP contribution in [0.4, 0.5) is 16.6 Å². The Hall–Kier alpha value is -1.79. The molecule has 0 saturated carbocycles. The quantitative estimate of drug-likeness (QED) is 0.914. The summed E-state index contributed by atoms with van der Waals surface area (Å²) >= 11 is 7.27. The van der Waals surface area contributed by atoms with Crippen LogP contribution >= 0.6 is 22.9 Å². The zero-order valence-electron chi connectivity index (χ0n) is 11.4. The van der Waals surface area contributed by atoms with Crippen LogP contribution < -0.4 is 16.0 Å². The highest BCUT2D eigenvalue weighted by atomic mass is 35.5. The van der Waals surface area contributed by atoms with Crippen molar-refractivity contribution in [1.29, 1.82) is 0 Å². The number of carbonyl (C=O) groups excluding carboxylic acids is 1. The van der Waals surface area contributed by atoms with Crippen molar-refractivity contribution in [2.45, 2.75) is 6.92 Å². The summed E-state index contributed by atoms with van der Waals surface area (Å²) in [5.41, 5.74) is 7.36. The highest BCUT2D eigenvalue weighted by molar-refractivity contribution is 7.18. The number of nitrogens with one attached hydrogen (secondary N) is 1. The van der Waals surface area contributed by atoms with Crippen LogP contribution in [0.3, 0.4) is 0 Å². The minimum atomic E-state index is -0.284. The number of nitrogen functional groups attached to an aromatic ring is 1.